The average molecular weight is 234 g/mol. The Bertz CT molecular complexity index is 522. The normalized spacial score (nSPS) is 12.7. The number of hydrogen-bond acceptors (Lipinski definition) is 2. The van der Waals surface area contributed by atoms with E-state index in [-0.39, 0.29) is 18.3 Å². The van der Waals surface area contributed by atoms with Gasteiger partial charge in [-0.2, -0.15) is 0 Å². The van der Waals surface area contributed by atoms with E-state index in [1.807, 2.05) is 19.9 Å². The van der Waals surface area contributed by atoms with Crippen LogP contribution in [0.25, 0.3) is 5.69 Å². The minimum Gasteiger partial charge on any atom is -0.396 e. The van der Waals surface area contributed by atoms with E-state index >= 15 is 0 Å². The number of benzene rings is 1. The van der Waals surface area contributed by atoms with Crippen LogP contribution in [0, 0.1) is 12.7 Å². The molecule has 0 radical (unpaired) electrons. The van der Waals surface area contributed by atoms with E-state index < -0.39 is 0 Å². The smallest absolute Gasteiger partial charge is 0.147 e. The molecule has 1 aromatic heterocycles. The third kappa shape index (κ3) is 2.22. The van der Waals surface area contributed by atoms with Gasteiger partial charge < -0.3 is 9.67 Å². The minimum absolute atomic E-state index is 0.0168. The summed E-state index contributed by atoms with van der Waals surface area (Å²) in [5.41, 5.74) is 1.28. The molecule has 2 rings (SSSR count). The molecule has 2 aromatic rings. The summed E-state index contributed by atoms with van der Waals surface area (Å²) in [6.45, 7) is 3.70. The molecule has 1 aromatic carbocycles. The predicted octanol–water partition coefficient (Wildman–Crippen LogP) is 2.42. The average Bonchev–Trinajstić information content (AvgIpc) is 2.74. The maximum Gasteiger partial charge on any atom is 0.147 e. The van der Waals surface area contributed by atoms with Crippen molar-refractivity contribution >= 4 is 0 Å². The second-order valence-corrected chi connectivity index (χ2v) is 4.14. The number of rotatable bonds is 3. The highest BCUT2D eigenvalue weighted by atomic mass is 19.1. The van der Waals surface area contributed by atoms with E-state index in [9.17, 15) is 4.39 Å². The van der Waals surface area contributed by atoms with Crippen molar-refractivity contribution in [2.75, 3.05) is 6.61 Å². The van der Waals surface area contributed by atoms with E-state index in [1.165, 1.54) is 6.07 Å². The zero-order valence-corrected chi connectivity index (χ0v) is 9.89. The van der Waals surface area contributed by atoms with Gasteiger partial charge in [0.15, 0.2) is 0 Å². The monoisotopic (exact) mass is 234 g/mol. The SMILES string of the molecule is Cc1nccn1-c1ccc(C(C)CO)cc1F. The van der Waals surface area contributed by atoms with Crippen molar-refractivity contribution in [2.45, 2.75) is 19.8 Å². The molecule has 0 spiro atoms. The third-order valence-corrected chi connectivity index (χ3v) is 2.90. The lowest BCUT2D eigenvalue weighted by atomic mass is 10.0. The Morgan fingerprint density at radius 1 is 1.47 bits per heavy atom. The zero-order valence-electron chi connectivity index (χ0n) is 9.89. The maximum atomic E-state index is 14.0. The Kier molecular flexibility index (Phi) is 3.24. The first-order valence-electron chi connectivity index (χ1n) is 5.54. The molecule has 0 aliphatic heterocycles. The molecular formula is C13H15FN2O. The van der Waals surface area contributed by atoms with Crippen LogP contribution in [0.3, 0.4) is 0 Å². The van der Waals surface area contributed by atoms with Gasteiger partial charge in [-0.3, -0.25) is 0 Å². The van der Waals surface area contributed by atoms with Gasteiger partial charge in [-0.05, 0) is 24.6 Å². The number of hydrogen-bond donors (Lipinski definition) is 1. The quantitative estimate of drug-likeness (QED) is 0.885. The van der Waals surface area contributed by atoms with Gasteiger partial charge in [0.25, 0.3) is 0 Å². The highest BCUT2D eigenvalue weighted by Crippen LogP contribution is 2.21. The van der Waals surface area contributed by atoms with Crippen LogP contribution in [-0.2, 0) is 0 Å². The Morgan fingerprint density at radius 3 is 2.76 bits per heavy atom. The molecule has 1 heterocycles. The highest BCUT2D eigenvalue weighted by Gasteiger charge is 2.10. The van der Waals surface area contributed by atoms with Crippen LogP contribution in [0.15, 0.2) is 30.6 Å². The summed E-state index contributed by atoms with van der Waals surface area (Å²) in [5, 5.41) is 9.04. The van der Waals surface area contributed by atoms with Crippen LogP contribution in [0.5, 0.6) is 0 Å². The lowest BCUT2D eigenvalue weighted by molar-refractivity contribution is 0.273. The Morgan fingerprint density at radius 2 is 2.24 bits per heavy atom. The molecule has 0 aliphatic rings. The van der Waals surface area contributed by atoms with Gasteiger partial charge in [-0.15, -0.1) is 0 Å². The van der Waals surface area contributed by atoms with Gasteiger partial charge in [-0.1, -0.05) is 13.0 Å². The molecule has 17 heavy (non-hydrogen) atoms. The van der Waals surface area contributed by atoms with Crippen LogP contribution < -0.4 is 0 Å². The van der Waals surface area contributed by atoms with Crippen LogP contribution in [0.1, 0.15) is 24.2 Å². The number of nitrogens with zero attached hydrogens (tertiary/aromatic N) is 2. The Balaban J connectivity index is 2.42. The second-order valence-electron chi connectivity index (χ2n) is 4.14. The largest absolute Gasteiger partial charge is 0.396 e. The summed E-state index contributed by atoms with van der Waals surface area (Å²) < 4.78 is 15.7. The van der Waals surface area contributed by atoms with Gasteiger partial charge in [0, 0.05) is 24.9 Å². The van der Waals surface area contributed by atoms with Crippen LogP contribution in [-0.4, -0.2) is 21.3 Å². The summed E-state index contributed by atoms with van der Waals surface area (Å²) in [7, 11) is 0. The Labute approximate surface area is 99.5 Å². The number of halogens is 1. The number of aryl methyl sites for hydroxylation is 1. The molecule has 0 saturated heterocycles. The lowest BCUT2D eigenvalue weighted by Gasteiger charge is -2.11. The number of aromatic nitrogens is 2. The van der Waals surface area contributed by atoms with Crippen molar-refractivity contribution in [3.05, 3.63) is 47.8 Å². The zero-order chi connectivity index (χ0) is 12.4. The molecular weight excluding hydrogens is 219 g/mol. The van der Waals surface area contributed by atoms with Gasteiger partial charge in [0.2, 0.25) is 0 Å². The van der Waals surface area contributed by atoms with Gasteiger partial charge in [0.05, 0.1) is 5.69 Å². The van der Waals surface area contributed by atoms with Crippen LogP contribution >= 0.6 is 0 Å². The molecule has 3 nitrogen and oxygen atoms in total. The van der Waals surface area contributed by atoms with E-state index in [0.29, 0.717) is 5.69 Å². The molecule has 4 heteroatoms. The van der Waals surface area contributed by atoms with Crippen LogP contribution in [0.4, 0.5) is 4.39 Å². The standard InChI is InChI=1S/C13H15FN2O/c1-9(8-17)11-3-4-13(12(14)7-11)16-6-5-15-10(16)2/h3-7,9,17H,8H2,1-2H3. The summed E-state index contributed by atoms with van der Waals surface area (Å²) in [6.07, 6.45) is 3.36. The Hall–Kier alpha value is -1.68. The van der Waals surface area contributed by atoms with Gasteiger partial charge in [0.1, 0.15) is 11.6 Å². The molecule has 0 aliphatic carbocycles. The number of imidazole rings is 1. The van der Waals surface area contributed by atoms with Crippen molar-refractivity contribution in [2.24, 2.45) is 0 Å². The fourth-order valence-corrected chi connectivity index (χ4v) is 1.76. The van der Waals surface area contributed by atoms with E-state index in [4.69, 9.17) is 5.11 Å². The molecule has 0 bridgehead atoms. The minimum atomic E-state index is -0.302. The molecule has 90 valence electrons. The summed E-state index contributed by atoms with van der Waals surface area (Å²) >= 11 is 0. The predicted molar refractivity (Wildman–Crippen MR) is 63.8 cm³/mol. The summed E-state index contributed by atoms with van der Waals surface area (Å²) in [4.78, 5) is 4.06. The van der Waals surface area contributed by atoms with Gasteiger partial charge in [-0.25, -0.2) is 9.37 Å². The van der Waals surface area contributed by atoms with Crippen molar-refractivity contribution in [1.29, 1.82) is 0 Å². The first-order valence-corrected chi connectivity index (χ1v) is 5.54. The second kappa shape index (κ2) is 4.67. The van der Waals surface area contributed by atoms with Gasteiger partial charge >= 0.3 is 0 Å². The van der Waals surface area contributed by atoms with Crippen LogP contribution in [0.2, 0.25) is 0 Å². The topological polar surface area (TPSA) is 38.0 Å². The van der Waals surface area contributed by atoms with Crippen molar-refractivity contribution in [1.82, 2.24) is 9.55 Å². The van der Waals surface area contributed by atoms with Crippen molar-refractivity contribution in [3.63, 3.8) is 0 Å². The summed E-state index contributed by atoms with van der Waals surface area (Å²) in [6, 6.07) is 5.01. The van der Waals surface area contributed by atoms with E-state index in [2.05, 4.69) is 4.98 Å². The first-order chi connectivity index (χ1) is 8.13. The molecule has 1 N–H and O–H groups in total. The molecule has 0 saturated carbocycles. The molecule has 0 amide bonds. The molecule has 1 unspecified atom stereocenters. The lowest BCUT2D eigenvalue weighted by Crippen LogP contribution is -2.03. The van der Waals surface area contributed by atoms with Crippen molar-refractivity contribution in [3.8, 4) is 5.69 Å². The first kappa shape index (κ1) is 11.8. The number of aliphatic hydroxyl groups is 1. The van der Waals surface area contributed by atoms with E-state index in [0.717, 1.165) is 11.4 Å². The maximum absolute atomic E-state index is 14.0. The number of aliphatic hydroxyl groups excluding tert-OH is 1. The third-order valence-electron chi connectivity index (χ3n) is 2.90. The van der Waals surface area contributed by atoms with Crippen molar-refractivity contribution < 1.29 is 9.50 Å². The van der Waals surface area contributed by atoms with E-state index in [1.54, 1.807) is 23.0 Å². The molecule has 1 atom stereocenters. The fourth-order valence-electron chi connectivity index (χ4n) is 1.76. The molecule has 0 fully saturated rings. The fraction of sp³-hybridized carbons (Fsp3) is 0.308. The summed E-state index contributed by atoms with van der Waals surface area (Å²) in [5.74, 6) is 0.387. The highest BCUT2D eigenvalue weighted by molar-refractivity contribution is 5.38.